The third-order valence-electron chi connectivity index (χ3n) is 3.24. The van der Waals surface area contributed by atoms with Gasteiger partial charge in [0.05, 0.1) is 13.3 Å². The van der Waals surface area contributed by atoms with Crippen LogP contribution in [0.25, 0.3) is 0 Å². The van der Waals surface area contributed by atoms with Crippen LogP contribution >= 0.6 is 0 Å². The Morgan fingerprint density at radius 2 is 2.23 bits per heavy atom. The summed E-state index contributed by atoms with van der Waals surface area (Å²) in [5.74, 6) is -1.49. The summed E-state index contributed by atoms with van der Waals surface area (Å²) in [7, 11) is 0. The summed E-state index contributed by atoms with van der Waals surface area (Å²) >= 11 is 0. The second-order valence-electron chi connectivity index (χ2n) is 4.92. The fourth-order valence-electron chi connectivity index (χ4n) is 2.20. The molecule has 1 aromatic heterocycles. The van der Waals surface area contributed by atoms with E-state index in [1.165, 1.54) is 10.7 Å². The van der Waals surface area contributed by atoms with Crippen molar-refractivity contribution in [2.75, 3.05) is 19.9 Å². The molecule has 2 aromatic rings. The van der Waals surface area contributed by atoms with Crippen molar-refractivity contribution in [1.29, 1.82) is 0 Å². The number of hydrogen-bond acceptors (Lipinski definition) is 4. The molecule has 5 nitrogen and oxygen atoms in total. The van der Waals surface area contributed by atoms with Crippen LogP contribution in [0.1, 0.15) is 12.5 Å². The first kappa shape index (κ1) is 16.5. The van der Waals surface area contributed by atoms with E-state index in [9.17, 15) is 13.9 Å². The molecule has 0 amide bonds. The number of halogens is 2. The van der Waals surface area contributed by atoms with Crippen molar-refractivity contribution in [3.8, 4) is 0 Å². The molecular weight excluding hydrogens is 292 g/mol. The molecule has 22 heavy (non-hydrogen) atoms. The number of nitrogens with zero attached hydrogens (tertiary/aromatic N) is 2. The van der Waals surface area contributed by atoms with Gasteiger partial charge in [0.15, 0.2) is 0 Å². The maximum absolute atomic E-state index is 14.1. The van der Waals surface area contributed by atoms with Crippen molar-refractivity contribution >= 4 is 0 Å². The number of benzene rings is 1. The molecule has 0 aliphatic heterocycles. The summed E-state index contributed by atoms with van der Waals surface area (Å²) < 4.78 is 33.8. The van der Waals surface area contributed by atoms with Crippen LogP contribution in [0.2, 0.25) is 0 Å². The Kier molecular flexibility index (Phi) is 5.59. The van der Waals surface area contributed by atoms with E-state index in [1.807, 2.05) is 6.92 Å². The molecule has 1 atom stereocenters. The molecule has 7 heteroatoms. The van der Waals surface area contributed by atoms with Crippen molar-refractivity contribution in [1.82, 2.24) is 15.1 Å². The van der Waals surface area contributed by atoms with Crippen LogP contribution in [0, 0.1) is 11.6 Å². The molecule has 0 saturated heterocycles. The monoisotopic (exact) mass is 311 g/mol. The lowest BCUT2D eigenvalue weighted by molar-refractivity contribution is 0.00158. The quantitative estimate of drug-likeness (QED) is 0.575. The van der Waals surface area contributed by atoms with Gasteiger partial charge in [-0.2, -0.15) is 5.10 Å². The van der Waals surface area contributed by atoms with E-state index in [0.717, 1.165) is 12.1 Å². The highest BCUT2D eigenvalue weighted by molar-refractivity contribution is 5.25. The van der Waals surface area contributed by atoms with E-state index in [-0.39, 0.29) is 25.4 Å². The van der Waals surface area contributed by atoms with Crippen molar-refractivity contribution in [2.24, 2.45) is 0 Å². The molecule has 1 heterocycles. The van der Waals surface area contributed by atoms with Crippen LogP contribution in [0.5, 0.6) is 0 Å². The molecule has 0 bridgehead atoms. The molecule has 120 valence electrons. The van der Waals surface area contributed by atoms with Gasteiger partial charge in [0.1, 0.15) is 17.2 Å². The van der Waals surface area contributed by atoms with Gasteiger partial charge in [0.2, 0.25) is 0 Å². The van der Waals surface area contributed by atoms with E-state index in [2.05, 4.69) is 10.4 Å². The second kappa shape index (κ2) is 7.44. The van der Waals surface area contributed by atoms with Crippen LogP contribution in [-0.4, -0.2) is 34.8 Å². The molecule has 0 aliphatic carbocycles. The van der Waals surface area contributed by atoms with Gasteiger partial charge < -0.3 is 9.84 Å². The second-order valence-corrected chi connectivity index (χ2v) is 4.92. The molecule has 2 rings (SSSR count). The number of nitrogens with one attached hydrogen (secondary N) is 1. The van der Waals surface area contributed by atoms with Crippen LogP contribution < -0.4 is 5.32 Å². The summed E-state index contributed by atoms with van der Waals surface area (Å²) in [6.45, 7) is 2.66. The SMILES string of the molecule is CCOCNCC(O)(Cn1cccn1)c1ccc(F)cc1F. The van der Waals surface area contributed by atoms with Crippen LogP contribution in [0.15, 0.2) is 36.7 Å². The first-order valence-electron chi connectivity index (χ1n) is 6.99. The molecule has 0 fully saturated rings. The van der Waals surface area contributed by atoms with Gasteiger partial charge in [0, 0.05) is 37.2 Å². The molecule has 1 aromatic carbocycles. The van der Waals surface area contributed by atoms with E-state index < -0.39 is 17.2 Å². The Bertz CT molecular complexity index is 592. The number of hydrogen-bond donors (Lipinski definition) is 2. The molecule has 2 N–H and O–H groups in total. The van der Waals surface area contributed by atoms with Gasteiger partial charge >= 0.3 is 0 Å². The lowest BCUT2D eigenvalue weighted by Crippen LogP contribution is -2.43. The third-order valence-corrected chi connectivity index (χ3v) is 3.24. The van der Waals surface area contributed by atoms with Crippen LogP contribution in [-0.2, 0) is 16.9 Å². The van der Waals surface area contributed by atoms with Crippen molar-refractivity contribution < 1.29 is 18.6 Å². The van der Waals surface area contributed by atoms with E-state index >= 15 is 0 Å². The molecule has 1 unspecified atom stereocenters. The minimum Gasteiger partial charge on any atom is -0.382 e. The van der Waals surface area contributed by atoms with Crippen LogP contribution in [0.4, 0.5) is 8.78 Å². The molecule has 0 aliphatic rings. The van der Waals surface area contributed by atoms with Gasteiger partial charge in [0.25, 0.3) is 0 Å². The minimum atomic E-state index is -1.58. The fraction of sp³-hybridized carbons (Fsp3) is 0.400. The highest BCUT2D eigenvalue weighted by Gasteiger charge is 2.33. The van der Waals surface area contributed by atoms with E-state index in [4.69, 9.17) is 4.74 Å². The zero-order valence-electron chi connectivity index (χ0n) is 12.3. The summed E-state index contributed by atoms with van der Waals surface area (Å²) in [6, 6.07) is 4.83. The van der Waals surface area contributed by atoms with Gasteiger partial charge in [-0.25, -0.2) is 8.78 Å². The van der Waals surface area contributed by atoms with Crippen molar-refractivity contribution in [3.05, 3.63) is 53.9 Å². The predicted octanol–water partition coefficient (Wildman–Crippen LogP) is 1.63. The first-order chi connectivity index (χ1) is 10.5. The Morgan fingerprint density at radius 1 is 1.41 bits per heavy atom. The average Bonchev–Trinajstić information content (AvgIpc) is 2.96. The summed E-state index contributed by atoms with van der Waals surface area (Å²) in [5, 5.41) is 17.8. The number of aromatic nitrogens is 2. The Labute approximate surface area is 127 Å². The zero-order valence-corrected chi connectivity index (χ0v) is 12.3. The number of ether oxygens (including phenoxy) is 1. The lowest BCUT2D eigenvalue weighted by atomic mass is 9.93. The van der Waals surface area contributed by atoms with E-state index in [1.54, 1.807) is 18.5 Å². The average molecular weight is 311 g/mol. The normalized spacial score (nSPS) is 14.0. The summed E-state index contributed by atoms with van der Waals surface area (Å²) in [5.41, 5.74) is -1.57. The topological polar surface area (TPSA) is 59.3 Å². The predicted molar refractivity (Wildman–Crippen MR) is 77.0 cm³/mol. The molecular formula is C15H19F2N3O2. The smallest absolute Gasteiger partial charge is 0.132 e. The lowest BCUT2D eigenvalue weighted by Gasteiger charge is -2.29. The minimum absolute atomic E-state index is 0.00778. The molecule has 0 spiro atoms. The highest BCUT2D eigenvalue weighted by atomic mass is 19.1. The molecule has 0 radical (unpaired) electrons. The van der Waals surface area contributed by atoms with Gasteiger partial charge in [-0.1, -0.05) is 6.07 Å². The van der Waals surface area contributed by atoms with E-state index in [0.29, 0.717) is 6.61 Å². The van der Waals surface area contributed by atoms with Crippen molar-refractivity contribution in [3.63, 3.8) is 0 Å². The molecule has 0 saturated carbocycles. The summed E-state index contributed by atoms with van der Waals surface area (Å²) in [4.78, 5) is 0. The highest BCUT2D eigenvalue weighted by Crippen LogP contribution is 2.26. The van der Waals surface area contributed by atoms with Gasteiger partial charge in [-0.05, 0) is 19.1 Å². The standard InChI is InChI=1S/C15H19F2N3O2/c1-2-22-11-18-9-15(21,10-20-7-3-6-19-20)13-5-4-12(16)8-14(13)17/h3-8,18,21H,2,9-11H2,1H3. The maximum atomic E-state index is 14.1. The van der Waals surface area contributed by atoms with Crippen LogP contribution in [0.3, 0.4) is 0 Å². The number of rotatable bonds is 8. The Balaban J connectivity index is 2.23. The maximum Gasteiger partial charge on any atom is 0.132 e. The third kappa shape index (κ3) is 4.09. The Morgan fingerprint density at radius 3 is 2.86 bits per heavy atom. The zero-order chi connectivity index (χ0) is 16.0. The summed E-state index contributed by atoms with van der Waals surface area (Å²) in [6.07, 6.45) is 3.23. The van der Waals surface area contributed by atoms with Crippen molar-refractivity contribution in [2.45, 2.75) is 19.1 Å². The van der Waals surface area contributed by atoms with Gasteiger partial charge in [-0.15, -0.1) is 0 Å². The fourth-order valence-corrected chi connectivity index (χ4v) is 2.20. The van der Waals surface area contributed by atoms with Gasteiger partial charge in [-0.3, -0.25) is 10.00 Å². The first-order valence-corrected chi connectivity index (χ1v) is 6.99. The number of aliphatic hydroxyl groups is 1. The Hall–Kier alpha value is -1.83. The largest absolute Gasteiger partial charge is 0.382 e.